The third-order valence-corrected chi connectivity index (χ3v) is 5.16. The van der Waals surface area contributed by atoms with Crippen molar-refractivity contribution in [3.05, 3.63) is 35.4 Å². The van der Waals surface area contributed by atoms with Crippen molar-refractivity contribution in [2.24, 2.45) is 5.41 Å². The molecule has 1 aromatic rings. The van der Waals surface area contributed by atoms with Crippen molar-refractivity contribution >= 4 is 0 Å². The predicted octanol–water partition coefficient (Wildman–Crippen LogP) is 3.72. The van der Waals surface area contributed by atoms with Crippen LogP contribution in [0.15, 0.2) is 24.3 Å². The first-order chi connectivity index (χ1) is 9.61. The van der Waals surface area contributed by atoms with Crippen LogP contribution in [0.3, 0.4) is 0 Å². The summed E-state index contributed by atoms with van der Waals surface area (Å²) in [5.41, 5.74) is 3.16. The van der Waals surface area contributed by atoms with Crippen LogP contribution in [0.25, 0.3) is 0 Å². The lowest BCUT2D eigenvalue weighted by Crippen LogP contribution is -2.62. The highest BCUT2D eigenvalue weighted by Crippen LogP contribution is 2.45. The Morgan fingerprint density at radius 2 is 2.05 bits per heavy atom. The Balaban J connectivity index is 1.82. The lowest BCUT2D eigenvalue weighted by molar-refractivity contribution is -0.125. The lowest BCUT2D eigenvalue weighted by atomic mass is 9.61. The highest BCUT2D eigenvalue weighted by atomic mass is 16.5. The van der Waals surface area contributed by atoms with E-state index >= 15 is 0 Å². The molecule has 3 unspecified atom stereocenters. The first-order valence-electron chi connectivity index (χ1n) is 8.01. The maximum atomic E-state index is 5.86. The van der Waals surface area contributed by atoms with Gasteiger partial charge in [-0.3, -0.25) is 0 Å². The fraction of sp³-hybridized carbons (Fsp3) is 0.667. The normalized spacial score (nSPS) is 29.2. The van der Waals surface area contributed by atoms with Crippen LogP contribution in [-0.4, -0.2) is 25.3 Å². The van der Waals surface area contributed by atoms with Crippen LogP contribution in [0.1, 0.15) is 44.7 Å². The number of ether oxygens (including phenoxy) is 1. The van der Waals surface area contributed by atoms with Crippen LogP contribution in [-0.2, 0) is 11.2 Å². The Morgan fingerprint density at radius 1 is 1.30 bits per heavy atom. The van der Waals surface area contributed by atoms with Gasteiger partial charge >= 0.3 is 0 Å². The van der Waals surface area contributed by atoms with Crippen LogP contribution < -0.4 is 5.32 Å². The Hall–Kier alpha value is -0.860. The molecular formula is C18H29NO. The molecule has 1 aliphatic carbocycles. The van der Waals surface area contributed by atoms with E-state index in [9.17, 15) is 0 Å². The molecule has 0 radical (unpaired) electrons. The molecule has 0 amide bonds. The second kappa shape index (κ2) is 6.73. The predicted molar refractivity (Wildman–Crippen MR) is 85.1 cm³/mol. The summed E-state index contributed by atoms with van der Waals surface area (Å²) >= 11 is 0. The molecule has 0 aromatic heterocycles. The summed E-state index contributed by atoms with van der Waals surface area (Å²) in [5.74, 6) is 0. The highest BCUT2D eigenvalue weighted by molar-refractivity contribution is 5.25. The van der Waals surface area contributed by atoms with E-state index in [1.807, 2.05) is 0 Å². The first-order valence-corrected chi connectivity index (χ1v) is 8.01. The number of hydrogen-bond donors (Lipinski definition) is 1. The molecule has 3 atom stereocenters. The number of aryl methyl sites for hydroxylation is 1. The Bertz CT molecular complexity index is 431. The summed E-state index contributed by atoms with van der Waals surface area (Å²) in [5, 5.41) is 3.74. The Labute approximate surface area is 123 Å². The minimum Gasteiger partial charge on any atom is -0.378 e. The zero-order chi connectivity index (χ0) is 14.6. The van der Waals surface area contributed by atoms with Crippen molar-refractivity contribution in [1.82, 2.24) is 5.32 Å². The molecule has 112 valence electrons. The summed E-state index contributed by atoms with van der Waals surface area (Å²) in [4.78, 5) is 0. The second-order valence-corrected chi connectivity index (χ2v) is 6.22. The molecule has 1 aromatic carbocycles. The Morgan fingerprint density at radius 3 is 2.70 bits per heavy atom. The van der Waals surface area contributed by atoms with Gasteiger partial charge in [0.25, 0.3) is 0 Å². The van der Waals surface area contributed by atoms with Gasteiger partial charge in [0.15, 0.2) is 0 Å². The molecule has 0 saturated heterocycles. The first kappa shape index (κ1) is 15.5. The molecule has 1 saturated carbocycles. The van der Waals surface area contributed by atoms with E-state index < -0.39 is 0 Å². The number of nitrogens with one attached hydrogen (secondary N) is 1. The molecule has 1 N–H and O–H groups in total. The van der Waals surface area contributed by atoms with Gasteiger partial charge in [-0.2, -0.15) is 0 Å². The lowest BCUT2D eigenvalue weighted by Gasteiger charge is -2.53. The smallest absolute Gasteiger partial charge is 0.0658 e. The quantitative estimate of drug-likeness (QED) is 0.819. The molecule has 2 heteroatoms. The van der Waals surface area contributed by atoms with Crippen LogP contribution in [0.2, 0.25) is 0 Å². The van der Waals surface area contributed by atoms with E-state index in [2.05, 4.69) is 57.3 Å². The zero-order valence-corrected chi connectivity index (χ0v) is 13.4. The zero-order valence-electron chi connectivity index (χ0n) is 13.4. The molecule has 20 heavy (non-hydrogen) atoms. The van der Waals surface area contributed by atoms with Crippen LogP contribution in [0.5, 0.6) is 0 Å². The molecule has 1 fully saturated rings. The summed E-state index contributed by atoms with van der Waals surface area (Å²) < 4.78 is 5.86. The van der Waals surface area contributed by atoms with E-state index in [-0.39, 0.29) is 0 Å². The van der Waals surface area contributed by atoms with Gasteiger partial charge in [0.1, 0.15) is 0 Å². The Kier molecular flexibility index (Phi) is 5.22. The van der Waals surface area contributed by atoms with E-state index in [0.717, 1.165) is 26.0 Å². The van der Waals surface area contributed by atoms with E-state index in [4.69, 9.17) is 4.74 Å². The van der Waals surface area contributed by atoms with E-state index in [1.54, 1.807) is 0 Å². The van der Waals surface area contributed by atoms with Gasteiger partial charge in [0.2, 0.25) is 0 Å². The summed E-state index contributed by atoms with van der Waals surface area (Å²) in [7, 11) is 0. The molecule has 1 aliphatic rings. The summed E-state index contributed by atoms with van der Waals surface area (Å²) in [6.07, 6.45) is 3.89. The van der Waals surface area contributed by atoms with Crippen LogP contribution in [0.4, 0.5) is 0 Å². The average Bonchev–Trinajstić information content (AvgIpc) is 2.46. The fourth-order valence-electron chi connectivity index (χ4n) is 3.34. The van der Waals surface area contributed by atoms with Crippen LogP contribution >= 0.6 is 0 Å². The van der Waals surface area contributed by atoms with Crippen molar-refractivity contribution in [2.75, 3.05) is 13.2 Å². The van der Waals surface area contributed by atoms with Crippen LogP contribution in [0, 0.1) is 12.3 Å². The summed E-state index contributed by atoms with van der Waals surface area (Å²) in [6, 6.07) is 9.28. The fourth-order valence-corrected chi connectivity index (χ4v) is 3.34. The van der Waals surface area contributed by atoms with Gasteiger partial charge in [0.05, 0.1) is 6.10 Å². The van der Waals surface area contributed by atoms with Gasteiger partial charge < -0.3 is 10.1 Å². The monoisotopic (exact) mass is 275 g/mol. The third-order valence-electron chi connectivity index (χ3n) is 5.16. The average molecular weight is 275 g/mol. The van der Waals surface area contributed by atoms with Gasteiger partial charge in [-0.1, -0.05) is 38.1 Å². The highest BCUT2D eigenvalue weighted by Gasteiger charge is 2.50. The maximum absolute atomic E-state index is 5.86. The number of rotatable bonds is 7. The van der Waals surface area contributed by atoms with Crippen molar-refractivity contribution < 1.29 is 4.74 Å². The molecule has 0 spiro atoms. The van der Waals surface area contributed by atoms with E-state index in [0.29, 0.717) is 17.6 Å². The topological polar surface area (TPSA) is 21.3 Å². The number of benzene rings is 1. The summed E-state index contributed by atoms with van der Waals surface area (Å²) in [6.45, 7) is 10.8. The molecule has 2 nitrogen and oxygen atoms in total. The molecule has 0 heterocycles. The standard InChI is InChI=1S/C18H29NO/c1-5-18(4)16(13-17(18)20-6-2)19-12-11-15-10-8-7-9-14(15)3/h7-10,16-17,19H,5-6,11-13H2,1-4H3. The van der Waals surface area contributed by atoms with Gasteiger partial charge in [-0.15, -0.1) is 0 Å². The SMILES string of the molecule is CCOC1CC(NCCc2ccccc2C)C1(C)CC. The van der Waals surface area contributed by atoms with Crippen molar-refractivity contribution in [3.63, 3.8) is 0 Å². The van der Waals surface area contributed by atoms with Crippen molar-refractivity contribution in [2.45, 2.75) is 59.1 Å². The minimum absolute atomic E-state index is 0.307. The van der Waals surface area contributed by atoms with E-state index in [1.165, 1.54) is 17.5 Å². The molecule has 0 aliphatic heterocycles. The number of hydrogen-bond acceptors (Lipinski definition) is 2. The van der Waals surface area contributed by atoms with Crippen molar-refractivity contribution in [1.29, 1.82) is 0 Å². The third kappa shape index (κ3) is 3.07. The van der Waals surface area contributed by atoms with Crippen molar-refractivity contribution in [3.8, 4) is 0 Å². The molecular weight excluding hydrogens is 246 g/mol. The van der Waals surface area contributed by atoms with Gasteiger partial charge in [0, 0.05) is 18.1 Å². The second-order valence-electron chi connectivity index (χ2n) is 6.22. The van der Waals surface area contributed by atoms with Gasteiger partial charge in [-0.05, 0) is 50.8 Å². The maximum Gasteiger partial charge on any atom is 0.0658 e. The molecule has 2 rings (SSSR count). The molecule has 0 bridgehead atoms. The minimum atomic E-state index is 0.307. The van der Waals surface area contributed by atoms with Gasteiger partial charge in [-0.25, -0.2) is 0 Å². The largest absolute Gasteiger partial charge is 0.378 e.